The van der Waals surface area contributed by atoms with Crippen molar-refractivity contribution in [2.24, 2.45) is 23.7 Å². The van der Waals surface area contributed by atoms with Crippen LogP contribution in [0.15, 0.2) is 0 Å². The number of carbonyl (C=O) groups is 1. The third kappa shape index (κ3) is 66.9. The summed E-state index contributed by atoms with van der Waals surface area (Å²) in [5.41, 5.74) is 0. The fourth-order valence-electron chi connectivity index (χ4n) is 1.38. The molecule has 0 fully saturated rings. The van der Waals surface area contributed by atoms with Crippen LogP contribution in [-0.2, 0) is 4.79 Å². The van der Waals surface area contributed by atoms with Crippen molar-refractivity contribution in [1.82, 2.24) is 5.32 Å². The lowest BCUT2D eigenvalue weighted by molar-refractivity contribution is -0.122. The highest BCUT2D eigenvalue weighted by atomic mass is 16.1. The lowest BCUT2D eigenvalue weighted by atomic mass is 10.00. The summed E-state index contributed by atoms with van der Waals surface area (Å²) in [5, 5.41) is 3.38. The standard InChI is InChI=1S/C9H18O.C8H19N.8CH4/c1-7(2)5-6-9(10)8(3)4;1-7(2)5-9-6-8(3)4;;;;;;;;/h7-8H,5-6H2,1-4H3;7-9H,5-6H2,1-4H3;8*1H4. The molecule has 2 nitrogen and oxygen atoms in total. The van der Waals surface area contributed by atoms with Gasteiger partial charge in [0, 0.05) is 12.3 Å². The van der Waals surface area contributed by atoms with E-state index in [9.17, 15) is 4.79 Å². The molecule has 0 aliphatic rings. The first-order valence-corrected chi connectivity index (χ1v) is 7.90. The van der Waals surface area contributed by atoms with Crippen molar-refractivity contribution in [1.29, 1.82) is 0 Å². The van der Waals surface area contributed by atoms with Gasteiger partial charge in [-0.3, -0.25) is 4.79 Å². The van der Waals surface area contributed by atoms with Crippen molar-refractivity contribution in [3.8, 4) is 0 Å². The maximum atomic E-state index is 11.0. The summed E-state index contributed by atoms with van der Waals surface area (Å²) < 4.78 is 0. The van der Waals surface area contributed by atoms with Crippen molar-refractivity contribution in [2.75, 3.05) is 13.1 Å². The maximum Gasteiger partial charge on any atom is 0.135 e. The second-order valence-electron chi connectivity index (χ2n) is 7.00. The highest BCUT2D eigenvalue weighted by molar-refractivity contribution is 5.80. The van der Waals surface area contributed by atoms with Crippen molar-refractivity contribution < 1.29 is 4.79 Å². The summed E-state index contributed by atoms with van der Waals surface area (Å²) in [6.45, 7) is 19.4. The van der Waals surface area contributed by atoms with Gasteiger partial charge in [-0.15, -0.1) is 0 Å². The molecule has 0 rings (SSSR count). The van der Waals surface area contributed by atoms with Crippen LogP contribution >= 0.6 is 0 Å². The van der Waals surface area contributed by atoms with E-state index in [4.69, 9.17) is 0 Å². The number of Topliss-reactive ketones (excluding diaryl/α,β-unsaturated/α-hetero) is 1. The fraction of sp³-hybridized carbons (Fsp3) is 0.960. The Morgan fingerprint density at radius 2 is 0.889 bits per heavy atom. The van der Waals surface area contributed by atoms with E-state index in [1.165, 1.54) is 0 Å². The van der Waals surface area contributed by atoms with Gasteiger partial charge < -0.3 is 5.32 Å². The molecule has 0 atom stereocenters. The van der Waals surface area contributed by atoms with Gasteiger partial charge in [0.25, 0.3) is 0 Å². The zero-order valence-electron chi connectivity index (χ0n) is 14.5. The lowest BCUT2D eigenvalue weighted by Gasteiger charge is -2.08. The maximum absolute atomic E-state index is 11.0. The number of hydrogen-bond donors (Lipinski definition) is 1. The van der Waals surface area contributed by atoms with Gasteiger partial charge in [-0.2, -0.15) is 0 Å². The highest BCUT2D eigenvalue weighted by Gasteiger charge is 2.06. The van der Waals surface area contributed by atoms with Gasteiger partial charge in [0.2, 0.25) is 0 Å². The number of hydrogen-bond acceptors (Lipinski definition) is 2. The smallest absolute Gasteiger partial charge is 0.135 e. The summed E-state index contributed by atoms with van der Waals surface area (Å²) in [6, 6.07) is 0. The summed E-state index contributed by atoms with van der Waals surface area (Å²) in [6.07, 6.45) is 1.80. The topological polar surface area (TPSA) is 29.1 Å². The molecule has 0 saturated heterocycles. The summed E-state index contributed by atoms with van der Waals surface area (Å²) >= 11 is 0. The molecule has 180 valence electrons. The van der Waals surface area contributed by atoms with E-state index in [1.54, 1.807) is 0 Å². The van der Waals surface area contributed by atoms with Crippen LogP contribution in [0.25, 0.3) is 0 Å². The van der Waals surface area contributed by atoms with Crippen LogP contribution in [0.1, 0.15) is 128 Å². The van der Waals surface area contributed by atoms with E-state index in [1.807, 2.05) is 13.8 Å². The first kappa shape index (κ1) is 63.3. The molecule has 0 aliphatic heterocycles. The van der Waals surface area contributed by atoms with Crippen molar-refractivity contribution >= 4 is 5.78 Å². The zero-order valence-corrected chi connectivity index (χ0v) is 14.5. The lowest BCUT2D eigenvalue weighted by Crippen LogP contribution is -2.23. The molecule has 0 bridgehead atoms. The average Bonchev–Trinajstić information content (AvgIpc) is 2.25. The Kier molecular flexibility index (Phi) is 94.5. The van der Waals surface area contributed by atoms with Crippen molar-refractivity contribution in [3.05, 3.63) is 0 Å². The van der Waals surface area contributed by atoms with Crippen LogP contribution < -0.4 is 5.32 Å². The van der Waals surface area contributed by atoms with Crippen molar-refractivity contribution in [2.45, 2.75) is 128 Å². The Labute approximate surface area is 180 Å². The van der Waals surface area contributed by atoms with E-state index in [0.717, 1.165) is 37.8 Å². The van der Waals surface area contributed by atoms with Crippen LogP contribution in [-0.4, -0.2) is 18.9 Å². The van der Waals surface area contributed by atoms with Crippen LogP contribution in [0.5, 0.6) is 0 Å². The van der Waals surface area contributed by atoms with Gasteiger partial charge in [0.05, 0.1) is 0 Å². The minimum atomic E-state index is 0. The molecule has 0 heterocycles. The predicted molar refractivity (Wildman–Crippen MR) is 140 cm³/mol. The number of carbonyl (C=O) groups excluding carboxylic acids is 1. The van der Waals surface area contributed by atoms with Crippen LogP contribution in [0.3, 0.4) is 0 Å². The largest absolute Gasteiger partial charge is 0.316 e. The SMILES string of the molecule is C.C.C.C.C.C.C.C.CC(C)CCC(=O)C(C)C.CC(C)CNCC(C)C. The van der Waals surface area contributed by atoms with Gasteiger partial charge in [-0.25, -0.2) is 0 Å². The van der Waals surface area contributed by atoms with E-state index in [0.29, 0.717) is 11.7 Å². The Bertz CT molecular complexity index is 200. The zero-order chi connectivity index (χ0) is 15.4. The monoisotopic (exact) mass is 400 g/mol. The molecule has 0 aromatic heterocycles. The molecule has 27 heavy (non-hydrogen) atoms. The summed E-state index contributed by atoms with van der Waals surface area (Å²) in [4.78, 5) is 11.0. The molecule has 0 unspecified atom stereocenters. The van der Waals surface area contributed by atoms with Gasteiger partial charge in [0.15, 0.2) is 0 Å². The number of ketones is 1. The third-order valence-corrected chi connectivity index (χ3v) is 2.72. The second kappa shape index (κ2) is 40.3. The molecule has 0 saturated carbocycles. The molecular formula is C25H69NO. The van der Waals surface area contributed by atoms with Crippen LogP contribution in [0, 0.1) is 23.7 Å². The normalized spacial score (nSPS) is 7.85. The Hall–Kier alpha value is -0.370. The van der Waals surface area contributed by atoms with E-state index in [-0.39, 0.29) is 65.3 Å². The highest BCUT2D eigenvalue weighted by Crippen LogP contribution is 2.07. The molecule has 0 spiro atoms. The Balaban J connectivity index is -0.0000000207. The molecule has 0 amide bonds. The van der Waals surface area contributed by atoms with Crippen LogP contribution in [0.2, 0.25) is 0 Å². The minimum Gasteiger partial charge on any atom is -0.316 e. The Morgan fingerprint density at radius 3 is 1.07 bits per heavy atom. The molecule has 0 aliphatic carbocycles. The third-order valence-electron chi connectivity index (χ3n) is 2.72. The molecule has 2 heteroatoms. The molecule has 1 N–H and O–H groups in total. The van der Waals surface area contributed by atoms with Gasteiger partial charge in [-0.1, -0.05) is 115 Å². The van der Waals surface area contributed by atoms with Gasteiger partial charge in [-0.05, 0) is 37.3 Å². The van der Waals surface area contributed by atoms with E-state index >= 15 is 0 Å². The van der Waals surface area contributed by atoms with Gasteiger partial charge in [0.1, 0.15) is 5.78 Å². The second-order valence-corrected chi connectivity index (χ2v) is 7.00. The average molecular weight is 400 g/mol. The van der Waals surface area contributed by atoms with E-state index < -0.39 is 0 Å². The molecular weight excluding hydrogens is 330 g/mol. The number of rotatable bonds is 8. The molecule has 0 radical (unpaired) electrons. The molecule has 0 aromatic rings. The predicted octanol–water partition coefficient (Wildman–Crippen LogP) is 9.62. The first-order valence-electron chi connectivity index (χ1n) is 7.90. The van der Waals surface area contributed by atoms with Crippen molar-refractivity contribution in [3.63, 3.8) is 0 Å². The quantitative estimate of drug-likeness (QED) is 0.440. The minimum absolute atomic E-state index is 0. The van der Waals surface area contributed by atoms with E-state index in [2.05, 4.69) is 46.9 Å². The summed E-state index contributed by atoms with van der Waals surface area (Å²) in [7, 11) is 0. The fourth-order valence-corrected chi connectivity index (χ4v) is 1.38. The summed E-state index contributed by atoms with van der Waals surface area (Å²) in [5.74, 6) is 2.84. The van der Waals surface area contributed by atoms with Crippen LogP contribution in [0.4, 0.5) is 0 Å². The van der Waals surface area contributed by atoms with Gasteiger partial charge >= 0.3 is 0 Å². The first-order chi connectivity index (χ1) is 8.66. The molecule has 0 aromatic carbocycles. The Morgan fingerprint density at radius 1 is 0.593 bits per heavy atom. The number of nitrogens with one attached hydrogen (secondary N) is 1.